The summed E-state index contributed by atoms with van der Waals surface area (Å²) in [6.45, 7) is 0.234. The molecule has 98 valence electrons. The van der Waals surface area contributed by atoms with Gasteiger partial charge in [0.2, 0.25) is 5.91 Å². The summed E-state index contributed by atoms with van der Waals surface area (Å²) >= 11 is 11.6. The summed E-state index contributed by atoms with van der Waals surface area (Å²) in [4.78, 5) is 22.7. The second kappa shape index (κ2) is 6.47. The minimum absolute atomic E-state index is 0.149. The van der Waals surface area contributed by atoms with E-state index >= 15 is 0 Å². The summed E-state index contributed by atoms with van der Waals surface area (Å²) in [6.07, 6.45) is 0.207. The molecule has 18 heavy (non-hydrogen) atoms. The molecule has 1 aromatic carbocycles. The van der Waals surface area contributed by atoms with Crippen molar-refractivity contribution in [1.29, 1.82) is 0 Å². The first-order valence-corrected chi connectivity index (χ1v) is 5.94. The highest BCUT2D eigenvalue weighted by Gasteiger charge is 2.11. The molecule has 0 aromatic heterocycles. The molecule has 7 heteroatoms. The van der Waals surface area contributed by atoms with Gasteiger partial charge < -0.3 is 16.4 Å². The fraction of sp³-hybridized carbons (Fsp3) is 0.273. The van der Waals surface area contributed by atoms with Gasteiger partial charge in [0.1, 0.15) is 0 Å². The molecule has 0 spiro atoms. The molecule has 0 aliphatic rings. The van der Waals surface area contributed by atoms with Gasteiger partial charge in [-0.25, -0.2) is 0 Å². The Labute approximate surface area is 115 Å². The molecule has 1 rings (SSSR count). The Morgan fingerprint density at radius 3 is 2.33 bits per heavy atom. The van der Waals surface area contributed by atoms with Gasteiger partial charge in [0.05, 0.1) is 15.7 Å². The van der Waals surface area contributed by atoms with Gasteiger partial charge in [0.25, 0.3) is 5.91 Å². The lowest BCUT2D eigenvalue weighted by Gasteiger charge is -2.07. The standard InChI is InChI=1S/C11H13Cl2N3O2/c1-15-9(17)2-3-16-11(18)6-4-7(12)10(14)8(13)5-6/h4-5H,2-3,14H2,1H3,(H,15,17)(H,16,18). The van der Waals surface area contributed by atoms with E-state index in [2.05, 4.69) is 10.6 Å². The minimum Gasteiger partial charge on any atom is -0.396 e. The van der Waals surface area contributed by atoms with Crippen molar-refractivity contribution in [3.63, 3.8) is 0 Å². The highest BCUT2D eigenvalue weighted by molar-refractivity contribution is 6.39. The molecule has 2 amide bonds. The molecule has 0 atom stereocenters. The zero-order valence-corrected chi connectivity index (χ0v) is 11.2. The number of carbonyl (C=O) groups is 2. The molecule has 0 unspecified atom stereocenters. The number of nitrogens with two attached hydrogens (primary N) is 1. The van der Waals surface area contributed by atoms with E-state index in [0.717, 1.165) is 0 Å². The third-order valence-corrected chi connectivity index (χ3v) is 2.88. The molecule has 0 bridgehead atoms. The molecule has 4 N–H and O–H groups in total. The van der Waals surface area contributed by atoms with Gasteiger partial charge in [-0.3, -0.25) is 9.59 Å². The number of nitrogens with one attached hydrogen (secondary N) is 2. The maximum absolute atomic E-state index is 11.7. The molecule has 0 aliphatic heterocycles. The van der Waals surface area contributed by atoms with Crippen LogP contribution >= 0.6 is 23.2 Å². The van der Waals surface area contributed by atoms with Crippen LogP contribution in [-0.2, 0) is 4.79 Å². The molecular formula is C11H13Cl2N3O2. The van der Waals surface area contributed by atoms with Crippen LogP contribution in [0.4, 0.5) is 5.69 Å². The molecule has 5 nitrogen and oxygen atoms in total. The van der Waals surface area contributed by atoms with Gasteiger partial charge in [0, 0.05) is 25.6 Å². The number of halogens is 2. The van der Waals surface area contributed by atoms with Gasteiger partial charge in [-0.2, -0.15) is 0 Å². The number of benzene rings is 1. The van der Waals surface area contributed by atoms with Crippen molar-refractivity contribution in [2.45, 2.75) is 6.42 Å². The van der Waals surface area contributed by atoms with Crippen molar-refractivity contribution in [3.05, 3.63) is 27.7 Å². The summed E-state index contributed by atoms with van der Waals surface area (Å²) in [5, 5.41) is 5.48. The quantitative estimate of drug-likeness (QED) is 0.734. The minimum atomic E-state index is -0.359. The van der Waals surface area contributed by atoms with Crippen LogP contribution in [0, 0.1) is 0 Å². The number of carbonyl (C=O) groups excluding carboxylic acids is 2. The van der Waals surface area contributed by atoms with Crippen molar-refractivity contribution in [1.82, 2.24) is 10.6 Å². The number of amides is 2. The van der Waals surface area contributed by atoms with Crippen LogP contribution in [0.2, 0.25) is 10.0 Å². The summed E-state index contributed by atoms with van der Waals surface area (Å²) in [6, 6.07) is 2.86. The van der Waals surface area contributed by atoms with Crippen molar-refractivity contribution in [2.24, 2.45) is 0 Å². The zero-order valence-electron chi connectivity index (χ0n) is 9.72. The zero-order chi connectivity index (χ0) is 13.7. The lowest BCUT2D eigenvalue weighted by Crippen LogP contribution is -2.29. The number of anilines is 1. The van der Waals surface area contributed by atoms with E-state index in [0.29, 0.717) is 5.56 Å². The smallest absolute Gasteiger partial charge is 0.251 e. The number of hydrogen-bond donors (Lipinski definition) is 3. The molecule has 0 saturated carbocycles. The normalized spacial score (nSPS) is 9.94. The van der Waals surface area contributed by atoms with Gasteiger partial charge in [-0.15, -0.1) is 0 Å². The average Bonchev–Trinajstić information content (AvgIpc) is 2.34. The Morgan fingerprint density at radius 2 is 1.83 bits per heavy atom. The van der Waals surface area contributed by atoms with Crippen molar-refractivity contribution >= 4 is 40.7 Å². The van der Waals surface area contributed by atoms with Crippen LogP contribution in [0.25, 0.3) is 0 Å². The predicted molar refractivity (Wildman–Crippen MR) is 71.9 cm³/mol. The molecule has 0 heterocycles. The molecule has 1 aromatic rings. The predicted octanol–water partition coefficient (Wildman–Crippen LogP) is 1.44. The second-order valence-corrected chi connectivity index (χ2v) is 4.35. The third kappa shape index (κ3) is 3.78. The molecule has 0 radical (unpaired) electrons. The molecule has 0 fully saturated rings. The Kier molecular flexibility index (Phi) is 5.25. The van der Waals surface area contributed by atoms with E-state index in [4.69, 9.17) is 28.9 Å². The Bertz CT molecular complexity index is 454. The van der Waals surface area contributed by atoms with Crippen molar-refractivity contribution < 1.29 is 9.59 Å². The highest BCUT2D eigenvalue weighted by Crippen LogP contribution is 2.28. The summed E-state index contributed by atoms with van der Waals surface area (Å²) in [7, 11) is 1.53. The summed E-state index contributed by atoms with van der Waals surface area (Å²) in [5.74, 6) is -0.508. The van der Waals surface area contributed by atoms with E-state index in [1.807, 2.05) is 0 Å². The largest absolute Gasteiger partial charge is 0.396 e. The first-order valence-electron chi connectivity index (χ1n) is 5.19. The highest BCUT2D eigenvalue weighted by atomic mass is 35.5. The van der Waals surface area contributed by atoms with Crippen LogP contribution < -0.4 is 16.4 Å². The first-order chi connectivity index (χ1) is 8.45. The molecular weight excluding hydrogens is 277 g/mol. The van der Waals surface area contributed by atoms with Crippen molar-refractivity contribution in [2.75, 3.05) is 19.3 Å². The maximum atomic E-state index is 11.7. The maximum Gasteiger partial charge on any atom is 0.251 e. The lowest BCUT2D eigenvalue weighted by atomic mass is 10.2. The van der Waals surface area contributed by atoms with Gasteiger partial charge in [-0.05, 0) is 12.1 Å². The van der Waals surface area contributed by atoms with Gasteiger partial charge in [-0.1, -0.05) is 23.2 Å². The van der Waals surface area contributed by atoms with Crippen LogP contribution in [0.5, 0.6) is 0 Å². The van der Waals surface area contributed by atoms with E-state index < -0.39 is 0 Å². The number of hydrogen-bond acceptors (Lipinski definition) is 3. The van der Waals surface area contributed by atoms with E-state index in [1.54, 1.807) is 0 Å². The summed E-state index contributed by atoms with van der Waals surface area (Å²) < 4.78 is 0. The third-order valence-electron chi connectivity index (χ3n) is 2.26. The van der Waals surface area contributed by atoms with E-state index in [-0.39, 0.29) is 40.5 Å². The van der Waals surface area contributed by atoms with Gasteiger partial charge >= 0.3 is 0 Å². The molecule has 0 saturated heterocycles. The fourth-order valence-electron chi connectivity index (χ4n) is 1.23. The Morgan fingerprint density at radius 1 is 1.28 bits per heavy atom. The van der Waals surface area contributed by atoms with Crippen LogP contribution in [0.1, 0.15) is 16.8 Å². The van der Waals surface area contributed by atoms with Gasteiger partial charge in [0.15, 0.2) is 0 Å². The average molecular weight is 290 g/mol. The fourth-order valence-corrected chi connectivity index (χ4v) is 1.72. The number of rotatable bonds is 4. The summed E-state index contributed by atoms with van der Waals surface area (Å²) in [5.41, 5.74) is 6.10. The topological polar surface area (TPSA) is 84.2 Å². The number of nitrogen functional groups attached to an aromatic ring is 1. The first kappa shape index (κ1) is 14.6. The second-order valence-electron chi connectivity index (χ2n) is 3.53. The SMILES string of the molecule is CNC(=O)CCNC(=O)c1cc(Cl)c(N)c(Cl)c1. The van der Waals surface area contributed by atoms with E-state index in [1.165, 1.54) is 19.2 Å². The van der Waals surface area contributed by atoms with Crippen LogP contribution in [0.3, 0.4) is 0 Å². The lowest BCUT2D eigenvalue weighted by molar-refractivity contribution is -0.120. The monoisotopic (exact) mass is 289 g/mol. The van der Waals surface area contributed by atoms with Crippen molar-refractivity contribution in [3.8, 4) is 0 Å². The van der Waals surface area contributed by atoms with E-state index in [9.17, 15) is 9.59 Å². The molecule has 0 aliphatic carbocycles. The van der Waals surface area contributed by atoms with Crippen LogP contribution in [0.15, 0.2) is 12.1 Å². The Hall–Kier alpha value is -1.46. The van der Waals surface area contributed by atoms with Crippen LogP contribution in [-0.4, -0.2) is 25.4 Å². The Balaban J connectivity index is 2.65.